The van der Waals surface area contributed by atoms with Gasteiger partial charge in [0, 0.05) is 37.7 Å². The second-order valence-electron chi connectivity index (χ2n) is 5.76. The fraction of sp³-hybridized carbons (Fsp3) is 0.529. The van der Waals surface area contributed by atoms with Gasteiger partial charge in [-0.15, -0.1) is 0 Å². The Kier molecular flexibility index (Phi) is 5.19. The van der Waals surface area contributed by atoms with Gasteiger partial charge in [0.25, 0.3) is 0 Å². The van der Waals surface area contributed by atoms with Crippen LogP contribution in [0.1, 0.15) is 31.7 Å². The lowest BCUT2D eigenvalue weighted by atomic mass is 10.1. The maximum absolute atomic E-state index is 5.88. The van der Waals surface area contributed by atoms with Crippen LogP contribution in [-0.4, -0.2) is 40.7 Å². The molecule has 22 heavy (non-hydrogen) atoms. The predicted octanol–water partition coefficient (Wildman–Crippen LogP) is 3.13. The molecule has 2 aromatic heterocycles. The maximum Gasteiger partial charge on any atom is 0.195 e. The summed E-state index contributed by atoms with van der Waals surface area (Å²) >= 11 is 0. The van der Waals surface area contributed by atoms with E-state index in [1.807, 2.05) is 24.5 Å². The second kappa shape index (κ2) is 7.51. The maximum atomic E-state index is 5.88. The summed E-state index contributed by atoms with van der Waals surface area (Å²) < 4.78 is 11.2. The highest BCUT2D eigenvalue weighted by Gasteiger charge is 2.20. The van der Waals surface area contributed by atoms with Crippen molar-refractivity contribution >= 4 is 0 Å². The minimum atomic E-state index is 0.372. The standard InChI is InChI=1S/C17H23N3O2/c1-2-8-21-15-5-3-7-20(13-15)12-14-10-18-17(19-11-14)16-6-4-9-22-16/h4,6,9-11,15H,2-3,5,7-8,12-13H2,1H3. The van der Waals surface area contributed by atoms with E-state index >= 15 is 0 Å². The van der Waals surface area contributed by atoms with Crippen molar-refractivity contribution in [1.29, 1.82) is 0 Å². The highest BCUT2D eigenvalue weighted by atomic mass is 16.5. The van der Waals surface area contributed by atoms with E-state index in [2.05, 4.69) is 21.8 Å². The van der Waals surface area contributed by atoms with E-state index in [1.165, 1.54) is 12.8 Å². The Balaban J connectivity index is 1.56. The summed E-state index contributed by atoms with van der Waals surface area (Å²) in [5.41, 5.74) is 1.13. The van der Waals surface area contributed by atoms with E-state index in [-0.39, 0.29) is 0 Å². The van der Waals surface area contributed by atoms with Crippen LogP contribution in [-0.2, 0) is 11.3 Å². The van der Waals surface area contributed by atoms with Crippen molar-refractivity contribution < 1.29 is 9.15 Å². The van der Waals surface area contributed by atoms with E-state index in [0.717, 1.165) is 38.2 Å². The van der Waals surface area contributed by atoms with Crippen LogP contribution < -0.4 is 0 Å². The lowest BCUT2D eigenvalue weighted by Crippen LogP contribution is -2.39. The lowest BCUT2D eigenvalue weighted by Gasteiger charge is -2.32. The van der Waals surface area contributed by atoms with E-state index in [1.54, 1.807) is 6.26 Å². The van der Waals surface area contributed by atoms with Crippen molar-refractivity contribution in [3.05, 3.63) is 36.4 Å². The molecule has 1 saturated heterocycles. The van der Waals surface area contributed by atoms with Gasteiger partial charge in [-0.1, -0.05) is 6.92 Å². The zero-order valence-electron chi connectivity index (χ0n) is 13.1. The smallest absolute Gasteiger partial charge is 0.195 e. The number of ether oxygens (including phenoxy) is 1. The summed E-state index contributed by atoms with van der Waals surface area (Å²) in [6.45, 7) is 6.01. The first-order valence-corrected chi connectivity index (χ1v) is 8.04. The third-order valence-corrected chi connectivity index (χ3v) is 3.87. The Morgan fingerprint density at radius 1 is 1.36 bits per heavy atom. The molecule has 0 N–H and O–H groups in total. The average molecular weight is 301 g/mol. The van der Waals surface area contributed by atoms with Gasteiger partial charge in [-0.2, -0.15) is 0 Å². The van der Waals surface area contributed by atoms with Crippen LogP contribution >= 0.6 is 0 Å². The largest absolute Gasteiger partial charge is 0.461 e. The first kappa shape index (κ1) is 15.2. The monoisotopic (exact) mass is 301 g/mol. The molecular weight excluding hydrogens is 278 g/mol. The van der Waals surface area contributed by atoms with Crippen molar-refractivity contribution in [3.8, 4) is 11.6 Å². The molecule has 118 valence electrons. The second-order valence-corrected chi connectivity index (χ2v) is 5.76. The summed E-state index contributed by atoms with van der Waals surface area (Å²) in [5.74, 6) is 1.34. The van der Waals surface area contributed by atoms with Crippen LogP contribution in [0, 0.1) is 0 Å². The Hall–Kier alpha value is -1.72. The van der Waals surface area contributed by atoms with E-state index in [0.29, 0.717) is 17.7 Å². The van der Waals surface area contributed by atoms with Crippen LogP contribution in [0.25, 0.3) is 11.6 Å². The van der Waals surface area contributed by atoms with Gasteiger partial charge in [-0.25, -0.2) is 9.97 Å². The number of likely N-dealkylation sites (tertiary alicyclic amines) is 1. The van der Waals surface area contributed by atoms with Gasteiger partial charge in [0.05, 0.1) is 12.4 Å². The normalized spacial score (nSPS) is 19.4. The minimum absolute atomic E-state index is 0.372. The van der Waals surface area contributed by atoms with E-state index in [9.17, 15) is 0 Å². The number of nitrogens with zero attached hydrogens (tertiary/aromatic N) is 3. The first-order chi connectivity index (χ1) is 10.8. The molecule has 0 aliphatic carbocycles. The molecule has 1 atom stereocenters. The topological polar surface area (TPSA) is 51.4 Å². The van der Waals surface area contributed by atoms with Crippen molar-refractivity contribution in [1.82, 2.24) is 14.9 Å². The number of aromatic nitrogens is 2. The van der Waals surface area contributed by atoms with E-state index < -0.39 is 0 Å². The Bertz CT molecular complexity index is 554. The van der Waals surface area contributed by atoms with Crippen molar-refractivity contribution in [2.45, 2.75) is 38.8 Å². The highest BCUT2D eigenvalue weighted by Crippen LogP contribution is 2.17. The molecular formula is C17H23N3O2. The molecule has 5 nitrogen and oxygen atoms in total. The molecule has 0 amide bonds. The molecule has 0 bridgehead atoms. The molecule has 0 aromatic carbocycles. The lowest BCUT2D eigenvalue weighted by molar-refractivity contribution is -0.00227. The highest BCUT2D eigenvalue weighted by molar-refractivity contribution is 5.45. The van der Waals surface area contributed by atoms with Crippen molar-refractivity contribution in [2.24, 2.45) is 0 Å². The third kappa shape index (κ3) is 3.93. The number of furan rings is 1. The van der Waals surface area contributed by atoms with Crippen molar-refractivity contribution in [3.63, 3.8) is 0 Å². The van der Waals surface area contributed by atoms with Crippen LogP contribution in [0.5, 0.6) is 0 Å². The molecule has 1 unspecified atom stereocenters. The summed E-state index contributed by atoms with van der Waals surface area (Å²) in [7, 11) is 0. The molecule has 0 saturated carbocycles. The van der Waals surface area contributed by atoms with Gasteiger partial charge in [0.2, 0.25) is 0 Å². The molecule has 1 aliphatic heterocycles. The molecule has 1 aliphatic rings. The third-order valence-electron chi connectivity index (χ3n) is 3.87. The Morgan fingerprint density at radius 3 is 2.95 bits per heavy atom. The van der Waals surface area contributed by atoms with Crippen LogP contribution in [0.4, 0.5) is 0 Å². The van der Waals surface area contributed by atoms with Gasteiger partial charge < -0.3 is 9.15 Å². The van der Waals surface area contributed by atoms with Crippen molar-refractivity contribution in [2.75, 3.05) is 19.7 Å². The Morgan fingerprint density at radius 2 is 2.23 bits per heavy atom. The average Bonchev–Trinajstić information content (AvgIpc) is 3.08. The molecule has 3 heterocycles. The van der Waals surface area contributed by atoms with Gasteiger partial charge in [0.1, 0.15) is 0 Å². The quantitative estimate of drug-likeness (QED) is 0.820. The Labute approximate surface area is 131 Å². The summed E-state index contributed by atoms with van der Waals surface area (Å²) in [5, 5.41) is 0. The summed E-state index contributed by atoms with van der Waals surface area (Å²) in [4.78, 5) is 11.2. The molecule has 1 fully saturated rings. The molecule has 5 heteroatoms. The van der Waals surface area contributed by atoms with Crippen LogP contribution in [0.2, 0.25) is 0 Å². The predicted molar refractivity (Wildman–Crippen MR) is 84.3 cm³/mol. The van der Waals surface area contributed by atoms with Crippen LogP contribution in [0.15, 0.2) is 35.2 Å². The summed E-state index contributed by atoms with van der Waals surface area (Å²) in [6, 6.07) is 3.71. The zero-order valence-corrected chi connectivity index (χ0v) is 13.1. The van der Waals surface area contributed by atoms with Gasteiger partial charge >= 0.3 is 0 Å². The molecule has 2 aromatic rings. The fourth-order valence-electron chi connectivity index (χ4n) is 2.80. The van der Waals surface area contributed by atoms with Crippen LogP contribution in [0.3, 0.4) is 0 Å². The van der Waals surface area contributed by atoms with Gasteiger partial charge in [-0.3, -0.25) is 4.90 Å². The minimum Gasteiger partial charge on any atom is -0.461 e. The number of rotatable bonds is 6. The zero-order chi connectivity index (χ0) is 15.2. The molecule has 0 spiro atoms. The van der Waals surface area contributed by atoms with E-state index in [4.69, 9.17) is 9.15 Å². The molecule has 0 radical (unpaired) electrons. The fourth-order valence-corrected chi connectivity index (χ4v) is 2.80. The molecule has 3 rings (SSSR count). The SMILES string of the molecule is CCCOC1CCCN(Cc2cnc(-c3ccco3)nc2)C1. The first-order valence-electron chi connectivity index (χ1n) is 8.04. The van der Waals surface area contributed by atoms with Gasteiger partial charge in [-0.05, 0) is 37.9 Å². The number of hydrogen-bond acceptors (Lipinski definition) is 5. The van der Waals surface area contributed by atoms with Gasteiger partial charge in [0.15, 0.2) is 11.6 Å². The number of piperidine rings is 1. The summed E-state index contributed by atoms with van der Waals surface area (Å²) in [6.07, 6.45) is 9.24. The number of hydrogen-bond donors (Lipinski definition) is 0.